The predicted octanol–water partition coefficient (Wildman–Crippen LogP) is 3.86. The first-order valence-electron chi connectivity index (χ1n) is 8.86. The van der Waals surface area contributed by atoms with Gasteiger partial charge in [0.1, 0.15) is 11.5 Å². The van der Waals surface area contributed by atoms with Crippen molar-refractivity contribution in [1.82, 2.24) is 4.90 Å². The van der Waals surface area contributed by atoms with E-state index in [-0.39, 0.29) is 38.7 Å². The maximum absolute atomic E-state index is 12.5. The van der Waals surface area contributed by atoms with Gasteiger partial charge in [-0.25, -0.2) is 8.42 Å². The van der Waals surface area contributed by atoms with Gasteiger partial charge in [-0.3, -0.25) is 9.59 Å². The Hall–Kier alpha value is -3.10. The molecule has 0 aliphatic rings. The minimum atomic E-state index is -3.59. The molecule has 3 aromatic rings. The third-order valence-corrected chi connectivity index (χ3v) is 6.17. The van der Waals surface area contributed by atoms with E-state index in [1.54, 1.807) is 38.4 Å². The molecule has 0 saturated carbocycles. The Labute approximate surface area is 179 Å². The fourth-order valence-electron chi connectivity index (χ4n) is 2.68. The summed E-state index contributed by atoms with van der Waals surface area (Å²) in [5.41, 5.74) is 0.595. The van der Waals surface area contributed by atoms with E-state index in [0.29, 0.717) is 5.69 Å². The number of amides is 2. The van der Waals surface area contributed by atoms with Gasteiger partial charge in [-0.15, -0.1) is 0 Å². The van der Waals surface area contributed by atoms with Crippen LogP contribution in [0, 0.1) is 0 Å². The molecule has 0 aliphatic heterocycles. The summed E-state index contributed by atoms with van der Waals surface area (Å²) in [4.78, 5) is 26.2. The standard InChI is InChI=1S/C21H19ClN2O5S/c1-24(2)21(26)17-12-14(8-10-18(17)22)23-20(25)19-11-9-15(29-19)13-30(27,28)16-6-4-3-5-7-16/h3-12H,13H2,1-2H3,(H,23,25). The maximum Gasteiger partial charge on any atom is 0.291 e. The second-order valence-corrected chi connectivity index (χ2v) is 9.08. The number of nitrogens with one attached hydrogen (secondary N) is 1. The second kappa shape index (κ2) is 8.73. The van der Waals surface area contributed by atoms with Gasteiger partial charge in [0.05, 0.1) is 15.5 Å². The van der Waals surface area contributed by atoms with Gasteiger partial charge >= 0.3 is 0 Å². The van der Waals surface area contributed by atoms with Gasteiger partial charge in [-0.2, -0.15) is 0 Å². The van der Waals surface area contributed by atoms with Crippen molar-refractivity contribution in [1.29, 1.82) is 0 Å². The van der Waals surface area contributed by atoms with Gasteiger partial charge in [-0.05, 0) is 42.5 Å². The molecule has 2 amide bonds. The Morgan fingerprint density at radius 2 is 1.73 bits per heavy atom. The summed E-state index contributed by atoms with van der Waals surface area (Å²) in [5.74, 6) is -1.16. The van der Waals surface area contributed by atoms with Crippen molar-refractivity contribution in [2.75, 3.05) is 19.4 Å². The van der Waals surface area contributed by atoms with Crippen LogP contribution in [0.5, 0.6) is 0 Å². The molecule has 0 spiro atoms. The van der Waals surface area contributed by atoms with Crippen LogP contribution >= 0.6 is 11.6 Å². The molecular weight excluding hydrogens is 428 g/mol. The van der Waals surface area contributed by atoms with Crippen LogP contribution in [-0.4, -0.2) is 39.2 Å². The number of rotatable bonds is 6. The largest absolute Gasteiger partial charge is 0.455 e. The van der Waals surface area contributed by atoms with E-state index >= 15 is 0 Å². The number of carbonyl (C=O) groups excluding carboxylic acids is 2. The lowest BCUT2D eigenvalue weighted by molar-refractivity contribution is 0.0827. The highest BCUT2D eigenvalue weighted by atomic mass is 35.5. The lowest BCUT2D eigenvalue weighted by Gasteiger charge is -2.13. The predicted molar refractivity (Wildman–Crippen MR) is 113 cm³/mol. The smallest absolute Gasteiger partial charge is 0.291 e. The number of halogens is 1. The van der Waals surface area contributed by atoms with E-state index in [0.717, 1.165) is 0 Å². The maximum atomic E-state index is 12.5. The molecule has 0 atom stereocenters. The SMILES string of the molecule is CN(C)C(=O)c1cc(NC(=O)c2ccc(CS(=O)(=O)c3ccccc3)o2)ccc1Cl. The summed E-state index contributed by atoms with van der Waals surface area (Å²) < 4.78 is 30.3. The van der Waals surface area contributed by atoms with Crippen molar-refractivity contribution in [3.05, 3.63) is 82.8 Å². The van der Waals surface area contributed by atoms with Gasteiger partial charge in [0.15, 0.2) is 15.6 Å². The summed E-state index contributed by atoms with van der Waals surface area (Å²) >= 11 is 6.07. The van der Waals surface area contributed by atoms with Crippen molar-refractivity contribution in [2.45, 2.75) is 10.6 Å². The average molecular weight is 447 g/mol. The third-order valence-electron chi connectivity index (χ3n) is 4.18. The molecule has 1 N–H and O–H groups in total. The minimum absolute atomic E-state index is 0.0521. The van der Waals surface area contributed by atoms with Gasteiger partial charge in [0.25, 0.3) is 11.8 Å². The summed E-state index contributed by atoms with van der Waals surface area (Å²) in [7, 11) is -0.405. The van der Waals surface area contributed by atoms with Crippen LogP contribution in [-0.2, 0) is 15.6 Å². The molecule has 0 radical (unpaired) electrons. The number of nitrogens with zero attached hydrogens (tertiary/aromatic N) is 1. The number of sulfone groups is 1. The number of carbonyl (C=O) groups is 2. The summed E-state index contributed by atoms with van der Waals surface area (Å²) in [6.07, 6.45) is 0. The number of furan rings is 1. The lowest BCUT2D eigenvalue weighted by atomic mass is 10.1. The summed E-state index contributed by atoms with van der Waals surface area (Å²) in [6.45, 7) is 0. The Kier molecular flexibility index (Phi) is 6.28. The van der Waals surface area contributed by atoms with Gasteiger partial charge < -0.3 is 14.6 Å². The highest BCUT2D eigenvalue weighted by Gasteiger charge is 2.20. The number of benzene rings is 2. The molecule has 3 rings (SSSR count). The van der Waals surface area contributed by atoms with Crippen molar-refractivity contribution in [2.24, 2.45) is 0 Å². The molecule has 9 heteroatoms. The molecule has 2 aromatic carbocycles. The monoisotopic (exact) mass is 446 g/mol. The van der Waals surface area contributed by atoms with E-state index in [2.05, 4.69) is 5.32 Å². The van der Waals surface area contributed by atoms with E-state index in [1.165, 1.54) is 41.3 Å². The number of hydrogen-bond donors (Lipinski definition) is 1. The molecule has 156 valence electrons. The van der Waals surface area contributed by atoms with Crippen LogP contribution in [0.25, 0.3) is 0 Å². The van der Waals surface area contributed by atoms with Crippen LogP contribution in [0.15, 0.2) is 70.0 Å². The highest BCUT2D eigenvalue weighted by Crippen LogP contribution is 2.23. The van der Waals surface area contributed by atoms with Crippen LogP contribution in [0.3, 0.4) is 0 Å². The first-order valence-corrected chi connectivity index (χ1v) is 10.9. The van der Waals surface area contributed by atoms with Crippen LogP contribution in [0.1, 0.15) is 26.7 Å². The minimum Gasteiger partial charge on any atom is -0.455 e. The van der Waals surface area contributed by atoms with Crippen LogP contribution in [0.4, 0.5) is 5.69 Å². The van der Waals surface area contributed by atoms with E-state index in [9.17, 15) is 18.0 Å². The van der Waals surface area contributed by atoms with E-state index < -0.39 is 15.7 Å². The summed E-state index contributed by atoms with van der Waals surface area (Å²) in [5, 5.41) is 2.88. The Morgan fingerprint density at radius 3 is 2.40 bits per heavy atom. The Morgan fingerprint density at radius 1 is 1.03 bits per heavy atom. The highest BCUT2D eigenvalue weighted by molar-refractivity contribution is 7.90. The zero-order chi connectivity index (χ0) is 21.9. The zero-order valence-corrected chi connectivity index (χ0v) is 17.8. The number of anilines is 1. The first kappa shape index (κ1) is 21.6. The topological polar surface area (TPSA) is 96.7 Å². The fourth-order valence-corrected chi connectivity index (χ4v) is 4.14. The molecule has 0 bridgehead atoms. The van der Waals surface area contributed by atoms with Crippen molar-refractivity contribution < 1.29 is 22.4 Å². The van der Waals surface area contributed by atoms with Gasteiger partial charge in [-0.1, -0.05) is 29.8 Å². The van der Waals surface area contributed by atoms with Gasteiger partial charge in [0.2, 0.25) is 0 Å². The van der Waals surface area contributed by atoms with E-state index in [4.69, 9.17) is 16.0 Å². The van der Waals surface area contributed by atoms with Crippen LogP contribution < -0.4 is 5.32 Å². The van der Waals surface area contributed by atoms with Crippen LogP contribution in [0.2, 0.25) is 5.02 Å². The van der Waals surface area contributed by atoms with Crippen molar-refractivity contribution in [3.63, 3.8) is 0 Å². The molecule has 1 aromatic heterocycles. The second-order valence-electron chi connectivity index (χ2n) is 6.69. The molecule has 30 heavy (non-hydrogen) atoms. The molecule has 0 saturated heterocycles. The molecule has 0 unspecified atom stereocenters. The fraction of sp³-hybridized carbons (Fsp3) is 0.143. The first-order chi connectivity index (χ1) is 14.2. The molecule has 0 aliphatic carbocycles. The third kappa shape index (κ3) is 4.90. The molecule has 0 fully saturated rings. The van der Waals surface area contributed by atoms with Crippen molar-refractivity contribution >= 4 is 38.9 Å². The number of hydrogen-bond acceptors (Lipinski definition) is 5. The molecular formula is C21H19ClN2O5S. The molecule has 1 heterocycles. The Bertz CT molecular complexity index is 1190. The Balaban J connectivity index is 1.74. The molecule has 7 nitrogen and oxygen atoms in total. The quantitative estimate of drug-likeness (QED) is 0.620. The lowest BCUT2D eigenvalue weighted by Crippen LogP contribution is -2.22. The summed E-state index contributed by atoms with van der Waals surface area (Å²) in [6, 6.07) is 15.4. The van der Waals surface area contributed by atoms with Gasteiger partial charge in [0, 0.05) is 19.8 Å². The normalized spacial score (nSPS) is 11.2. The van der Waals surface area contributed by atoms with E-state index in [1.807, 2.05) is 0 Å². The average Bonchev–Trinajstić information content (AvgIpc) is 3.17. The van der Waals surface area contributed by atoms with Crippen molar-refractivity contribution in [3.8, 4) is 0 Å². The zero-order valence-electron chi connectivity index (χ0n) is 16.3.